The molecule has 1 aliphatic carbocycles. The first-order chi connectivity index (χ1) is 14.3. The Balaban J connectivity index is 2.19. The number of hydrogen-bond acceptors (Lipinski definition) is 7. The van der Waals surface area contributed by atoms with E-state index in [1.54, 1.807) is 13.8 Å². The first kappa shape index (κ1) is 22.1. The van der Waals surface area contributed by atoms with Gasteiger partial charge >= 0.3 is 12.1 Å². The molecule has 0 unspecified atom stereocenters. The molecule has 0 atom stereocenters. The van der Waals surface area contributed by atoms with Crippen LogP contribution < -0.4 is 4.90 Å². The van der Waals surface area contributed by atoms with Crippen molar-refractivity contribution < 1.29 is 28.4 Å². The number of hydrogen-bond donors (Lipinski definition) is 0. The summed E-state index contributed by atoms with van der Waals surface area (Å²) in [5.41, 5.74) is -0.0491. The van der Waals surface area contributed by atoms with E-state index in [0.717, 1.165) is 12.8 Å². The largest absolute Gasteiger partial charge is 0.461 e. The van der Waals surface area contributed by atoms with E-state index in [0.29, 0.717) is 5.76 Å². The highest BCUT2D eigenvalue weighted by atomic mass is 35.5. The van der Waals surface area contributed by atoms with Gasteiger partial charge in [-0.2, -0.15) is 0 Å². The van der Waals surface area contributed by atoms with Gasteiger partial charge in [0.25, 0.3) is 0 Å². The first-order valence-electron chi connectivity index (χ1n) is 9.40. The van der Waals surface area contributed by atoms with Crippen LogP contribution >= 0.6 is 23.2 Å². The molecule has 8 nitrogen and oxygen atoms in total. The lowest BCUT2D eigenvalue weighted by Gasteiger charge is -2.23. The maximum Gasteiger partial charge on any atom is 0.414 e. The maximum absolute atomic E-state index is 13.6. The summed E-state index contributed by atoms with van der Waals surface area (Å²) in [5.74, 6) is -1.02. The molecule has 1 amide bonds. The van der Waals surface area contributed by atoms with E-state index in [4.69, 9.17) is 37.2 Å². The standard InChI is InChI=1S/C20H20Cl2N2O6/c1-4-24(20(27)28-3)16-11(8-9-12(21)14(16)22)17(25)13-15(19(26)29-5-2)23-30-18(13)10-6-7-10/h8-10H,4-7H2,1-3H3. The number of halogens is 2. The molecule has 3 rings (SSSR count). The minimum atomic E-state index is -0.765. The summed E-state index contributed by atoms with van der Waals surface area (Å²) in [4.78, 5) is 39.5. The van der Waals surface area contributed by atoms with Crippen LogP contribution in [-0.2, 0) is 9.47 Å². The number of amides is 1. The van der Waals surface area contributed by atoms with Gasteiger partial charge in [-0.3, -0.25) is 9.69 Å². The topological polar surface area (TPSA) is 98.9 Å². The maximum atomic E-state index is 13.6. The number of carbonyl (C=O) groups excluding carboxylic acids is 3. The molecule has 10 heteroatoms. The predicted molar refractivity (Wildman–Crippen MR) is 110 cm³/mol. The van der Waals surface area contributed by atoms with E-state index in [1.807, 2.05) is 0 Å². The Bertz CT molecular complexity index is 999. The highest BCUT2D eigenvalue weighted by Gasteiger charge is 2.39. The zero-order chi connectivity index (χ0) is 22.0. The number of benzene rings is 1. The van der Waals surface area contributed by atoms with Crippen molar-refractivity contribution in [1.29, 1.82) is 0 Å². The van der Waals surface area contributed by atoms with E-state index in [-0.39, 0.29) is 51.6 Å². The Morgan fingerprint density at radius 1 is 1.23 bits per heavy atom. The van der Waals surface area contributed by atoms with Crippen LogP contribution in [0.5, 0.6) is 0 Å². The molecule has 0 aliphatic heterocycles. The average Bonchev–Trinajstić information content (AvgIpc) is 3.48. The van der Waals surface area contributed by atoms with Crippen molar-refractivity contribution in [3.63, 3.8) is 0 Å². The number of methoxy groups -OCH3 is 1. The van der Waals surface area contributed by atoms with Gasteiger partial charge in [-0.15, -0.1) is 0 Å². The number of esters is 1. The number of aromatic nitrogens is 1. The number of anilines is 1. The SMILES string of the molecule is CCOC(=O)c1noc(C2CC2)c1C(=O)c1ccc(Cl)c(Cl)c1N(CC)C(=O)OC. The Labute approximate surface area is 183 Å². The second-order valence-corrected chi connectivity index (χ2v) is 7.35. The van der Waals surface area contributed by atoms with Crippen molar-refractivity contribution in [3.05, 3.63) is 44.8 Å². The van der Waals surface area contributed by atoms with Crippen LogP contribution in [0.2, 0.25) is 10.0 Å². The number of ether oxygens (including phenoxy) is 2. The third kappa shape index (κ3) is 4.02. The summed E-state index contributed by atoms with van der Waals surface area (Å²) in [7, 11) is 1.22. The van der Waals surface area contributed by atoms with E-state index in [9.17, 15) is 14.4 Å². The molecule has 160 valence electrons. The van der Waals surface area contributed by atoms with Crippen LogP contribution in [-0.4, -0.2) is 43.3 Å². The number of carbonyl (C=O) groups is 3. The average molecular weight is 455 g/mol. The second kappa shape index (κ2) is 9.06. The van der Waals surface area contributed by atoms with Gasteiger partial charge in [-0.1, -0.05) is 28.4 Å². The zero-order valence-electron chi connectivity index (χ0n) is 16.7. The van der Waals surface area contributed by atoms with Crippen molar-refractivity contribution in [1.82, 2.24) is 5.16 Å². The molecular weight excluding hydrogens is 435 g/mol. The van der Waals surface area contributed by atoms with Gasteiger partial charge in [-0.25, -0.2) is 9.59 Å². The Hall–Kier alpha value is -2.58. The van der Waals surface area contributed by atoms with Gasteiger partial charge in [0.05, 0.1) is 29.4 Å². The van der Waals surface area contributed by atoms with Gasteiger partial charge in [-0.05, 0) is 38.8 Å². The van der Waals surface area contributed by atoms with E-state index < -0.39 is 17.8 Å². The lowest BCUT2D eigenvalue weighted by molar-refractivity contribution is 0.0512. The van der Waals surface area contributed by atoms with Gasteiger partial charge in [0.2, 0.25) is 11.5 Å². The van der Waals surface area contributed by atoms with Gasteiger partial charge in [0, 0.05) is 18.0 Å². The summed E-state index contributed by atoms with van der Waals surface area (Å²) >= 11 is 12.5. The normalized spacial score (nSPS) is 13.1. The quantitative estimate of drug-likeness (QED) is 0.434. The van der Waals surface area contributed by atoms with Gasteiger partial charge in [0.15, 0.2) is 5.76 Å². The molecule has 0 saturated heterocycles. The summed E-state index contributed by atoms with van der Waals surface area (Å²) in [6.07, 6.45) is 0.916. The Kier molecular flexibility index (Phi) is 6.67. The predicted octanol–water partition coefficient (Wildman–Crippen LogP) is 4.86. The molecule has 0 bridgehead atoms. The minimum Gasteiger partial charge on any atom is -0.461 e. The van der Waals surface area contributed by atoms with Crippen molar-refractivity contribution in [2.24, 2.45) is 0 Å². The Morgan fingerprint density at radius 3 is 2.50 bits per heavy atom. The fourth-order valence-corrected chi connectivity index (χ4v) is 3.51. The van der Waals surface area contributed by atoms with E-state index >= 15 is 0 Å². The summed E-state index contributed by atoms with van der Waals surface area (Å²) in [6, 6.07) is 2.89. The van der Waals surface area contributed by atoms with Crippen LogP contribution in [0, 0.1) is 0 Å². The molecule has 0 radical (unpaired) electrons. The van der Waals surface area contributed by atoms with E-state index in [2.05, 4.69) is 5.16 Å². The number of ketones is 1. The van der Waals surface area contributed by atoms with Crippen molar-refractivity contribution in [3.8, 4) is 0 Å². The smallest absolute Gasteiger partial charge is 0.414 e. The Morgan fingerprint density at radius 2 is 1.93 bits per heavy atom. The number of nitrogens with zero attached hydrogens (tertiary/aromatic N) is 2. The van der Waals surface area contributed by atoms with E-state index in [1.165, 1.54) is 24.1 Å². The van der Waals surface area contributed by atoms with Crippen molar-refractivity contribution >= 4 is 46.7 Å². The van der Waals surface area contributed by atoms with Crippen LogP contribution in [0.25, 0.3) is 0 Å². The molecule has 30 heavy (non-hydrogen) atoms. The second-order valence-electron chi connectivity index (χ2n) is 6.57. The van der Waals surface area contributed by atoms with Gasteiger partial charge in [0.1, 0.15) is 5.56 Å². The summed E-state index contributed by atoms with van der Waals surface area (Å²) in [5, 5.41) is 3.96. The van der Waals surface area contributed by atoms with Crippen LogP contribution in [0.3, 0.4) is 0 Å². The highest BCUT2D eigenvalue weighted by molar-refractivity contribution is 6.45. The lowest BCUT2D eigenvalue weighted by Crippen LogP contribution is -2.32. The third-order valence-electron chi connectivity index (χ3n) is 4.66. The molecule has 1 heterocycles. The van der Waals surface area contributed by atoms with Crippen LogP contribution in [0.4, 0.5) is 10.5 Å². The van der Waals surface area contributed by atoms with Crippen molar-refractivity contribution in [2.75, 3.05) is 25.2 Å². The fraction of sp³-hybridized carbons (Fsp3) is 0.400. The fourth-order valence-electron chi connectivity index (χ4n) is 3.10. The molecule has 1 fully saturated rings. The molecule has 1 saturated carbocycles. The summed E-state index contributed by atoms with van der Waals surface area (Å²) < 4.78 is 15.2. The molecule has 1 aromatic heterocycles. The summed E-state index contributed by atoms with van der Waals surface area (Å²) in [6.45, 7) is 3.62. The third-order valence-corrected chi connectivity index (χ3v) is 5.45. The minimum absolute atomic E-state index is 0.00580. The monoisotopic (exact) mass is 454 g/mol. The van der Waals surface area contributed by atoms with Crippen LogP contribution in [0.15, 0.2) is 16.7 Å². The van der Waals surface area contributed by atoms with Crippen molar-refractivity contribution in [2.45, 2.75) is 32.6 Å². The van der Waals surface area contributed by atoms with Gasteiger partial charge < -0.3 is 14.0 Å². The molecule has 2 aromatic rings. The van der Waals surface area contributed by atoms with Crippen LogP contribution in [0.1, 0.15) is 64.8 Å². The molecular formula is C20H20Cl2N2O6. The zero-order valence-corrected chi connectivity index (χ0v) is 18.2. The molecule has 1 aliphatic rings. The number of rotatable bonds is 7. The molecule has 1 aromatic carbocycles. The lowest BCUT2D eigenvalue weighted by atomic mass is 9.97. The highest BCUT2D eigenvalue weighted by Crippen LogP contribution is 2.44. The molecule has 0 N–H and O–H groups in total. The first-order valence-corrected chi connectivity index (χ1v) is 10.2. The molecule has 0 spiro atoms.